The summed E-state index contributed by atoms with van der Waals surface area (Å²) in [5, 5.41) is 17.5. The molecule has 0 radical (unpaired) electrons. The van der Waals surface area contributed by atoms with Crippen LogP contribution in [0.25, 0.3) is 0 Å². The third-order valence-corrected chi connectivity index (χ3v) is 3.68. The van der Waals surface area contributed by atoms with Crippen LogP contribution in [0, 0.1) is 5.92 Å². The summed E-state index contributed by atoms with van der Waals surface area (Å²) in [5.41, 5.74) is 0. The van der Waals surface area contributed by atoms with Gasteiger partial charge in [-0.15, -0.1) is 0 Å². The van der Waals surface area contributed by atoms with Crippen LogP contribution in [0.2, 0.25) is 0 Å². The third-order valence-electron chi connectivity index (χ3n) is 3.68. The molecule has 0 fully saturated rings. The number of hydrogen-bond acceptors (Lipinski definition) is 2. The Bertz CT molecular complexity index is 269. The quantitative estimate of drug-likeness (QED) is 0.378. The summed E-state index contributed by atoms with van der Waals surface area (Å²) in [6, 6.07) is 0. The van der Waals surface area contributed by atoms with Crippen LogP contribution in [0.3, 0.4) is 0 Å². The van der Waals surface area contributed by atoms with Crippen molar-refractivity contribution >= 4 is 41.5 Å². The van der Waals surface area contributed by atoms with Gasteiger partial charge in [-0.3, -0.25) is 9.59 Å². The van der Waals surface area contributed by atoms with Crippen LogP contribution >= 0.6 is 0 Å². The van der Waals surface area contributed by atoms with Crippen molar-refractivity contribution in [2.24, 2.45) is 5.92 Å². The van der Waals surface area contributed by atoms with Crippen molar-refractivity contribution in [3.05, 3.63) is 0 Å². The van der Waals surface area contributed by atoms with E-state index in [0.717, 1.165) is 19.3 Å². The molecule has 21 heavy (non-hydrogen) atoms. The summed E-state index contributed by atoms with van der Waals surface area (Å²) in [4.78, 5) is 21.4. The van der Waals surface area contributed by atoms with Crippen LogP contribution in [-0.2, 0) is 9.59 Å². The van der Waals surface area contributed by atoms with E-state index in [9.17, 15) is 9.59 Å². The summed E-state index contributed by atoms with van der Waals surface area (Å²) >= 11 is 0. The van der Waals surface area contributed by atoms with Gasteiger partial charge in [-0.25, -0.2) is 0 Å². The molecule has 0 bridgehead atoms. The molecule has 5 heteroatoms. The average molecular weight is 310 g/mol. The molecule has 0 saturated heterocycles. The normalized spacial score (nSPS) is 11.7. The molecular weight excluding hydrogens is 279 g/mol. The predicted molar refractivity (Wildman–Crippen MR) is 87.0 cm³/mol. The van der Waals surface area contributed by atoms with Crippen molar-refractivity contribution < 1.29 is 19.8 Å². The van der Waals surface area contributed by atoms with E-state index in [1.807, 2.05) is 0 Å². The van der Waals surface area contributed by atoms with E-state index in [1.165, 1.54) is 44.9 Å². The molecule has 0 aromatic rings. The van der Waals surface area contributed by atoms with Crippen LogP contribution < -0.4 is 0 Å². The van der Waals surface area contributed by atoms with Gasteiger partial charge in [0.1, 0.15) is 0 Å². The molecule has 0 aromatic carbocycles. The molecule has 1 atom stereocenters. The monoisotopic (exact) mass is 310 g/mol. The Balaban J connectivity index is 0. The zero-order chi connectivity index (χ0) is 15.2. The fourth-order valence-electron chi connectivity index (χ4n) is 2.40. The topological polar surface area (TPSA) is 74.6 Å². The zero-order valence-corrected chi connectivity index (χ0v) is 12.8. The Morgan fingerprint density at radius 1 is 0.810 bits per heavy atom. The summed E-state index contributed by atoms with van der Waals surface area (Å²) in [6.45, 7) is 2.22. The summed E-state index contributed by atoms with van der Waals surface area (Å²) < 4.78 is 0. The number of carboxylic acids is 2. The van der Waals surface area contributed by atoms with Crippen molar-refractivity contribution in [3.8, 4) is 0 Å². The van der Waals surface area contributed by atoms with E-state index in [2.05, 4.69) is 6.92 Å². The second-order valence-corrected chi connectivity index (χ2v) is 5.60. The van der Waals surface area contributed by atoms with Gasteiger partial charge in [-0.1, -0.05) is 71.1 Å². The Labute approximate surface area is 151 Å². The summed E-state index contributed by atoms with van der Waals surface area (Å²) in [5.74, 6) is -2.73. The first-order valence-electron chi connectivity index (χ1n) is 8.02. The van der Waals surface area contributed by atoms with Crippen LogP contribution in [0.15, 0.2) is 0 Å². The van der Waals surface area contributed by atoms with Gasteiger partial charge in [0.25, 0.3) is 0 Å². The van der Waals surface area contributed by atoms with Crippen LogP contribution in [-0.4, -0.2) is 51.7 Å². The number of carboxylic acid groups (broad SMARTS) is 2. The van der Waals surface area contributed by atoms with E-state index >= 15 is 0 Å². The van der Waals surface area contributed by atoms with Crippen molar-refractivity contribution in [1.82, 2.24) is 0 Å². The molecule has 0 aliphatic rings. The van der Waals surface area contributed by atoms with Crippen LogP contribution in [0.1, 0.15) is 84.0 Å². The Hall–Kier alpha value is -0.0600. The number of unbranched alkanes of at least 4 members (excludes halogenated alkanes) is 9. The first-order valence-corrected chi connectivity index (χ1v) is 8.02. The van der Waals surface area contributed by atoms with E-state index in [1.54, 1.807) is 0 Å². The predicted octanol–water partition coefficient (Wildman–Crippen LogP) is 3.82. The van der Waals surface area contributed by atoms with Crippen molar-refractivity contribution in [1.29, 1.82) is 0 Å². The molecular formula is C16H31NaO4. The van der Waals surface area contributed by atoms with Gasteiger partial charge >= 0.3 is 41.5 Å². The van der Waals surface area contributed by atoms with Gasteiger partial charge in [-0.2, -0.15) is 0 Å². The van der Waals surface area contributed by atoms with Crippen molar-refractivity contribution in [3.63, 3.8) is 0 Å². The molecule has 0 saturated carbocycles. The molecule has 0 amide bonds. The molecule has 0 heterocycles. The fraction of sp³-hybridized carbons (Fsp3) is 0.875. The third kappa shape index (κ3) is 16.1. The van der Waals surface area contributed by atoms with E-state index in [0.29, 0.717) is 6.42 Å². The number of aliphatic carboxylic acids is 2. The maximum atomic E-state index is 10.9. The second kappa shape index (κ2) is 16.3. The van der Waals surface area contributed by atoms with Gasteiger partial charge < -0.3 is 10.2 Å². The molecule has 0 aromatic heterocycles. The Kier molecular flexibility index (Phi) is 18.0. The number of rotatable bonds is 14. The SMILES string of the molecule is CCCCCCCCCCCCC(CC(=O)O)C(=O)O.[NaH]. The number of hydrogen-bond donors (Lipinski definition) is 2. The molecule has 0 aliphatic carbocycles. The van der Waals surface area contributed by atoms with Gasteiger partial charge in [0.05, 0.1) is 12.3 Å². The van der Waals surface area contributed by atoms with Gasteiger partial charge in [0.2, 0.25) is 0 Å². The van der Waals surface area contributed by atoms with E-state index < -0.39 is 17.9 Å². The van der Waals surface area contributed by atoms with Gasteiger partial charge in [-0.05, 0) is 6.42 Å². The molecule has 0 rings (SSSR count). The van der Waals surface area contributed by atoms with Crippen molar-refractivity contribution in [2.45, 2.75) is 84.0 Å². The first kappa shape index (κ1) is 23.2. The van der Waals surface area contributed by atoms with Gasteiger partial charge in [0.15, 0.2) is 0 Å². The minimum atomic E-state index is -1.02. The Morgan fingerprint density at radius 3 is 1.62 bits per heavy atom. The van der Waals surface area contributed by atoms with Crippen molar-refractivity contribution in [2.75, 3.05) is 0 Å². The molecule has 1 unspecified atom stereocenters. The first-order chi connectivity index (χ1) is 9.57. The van der Waals surface area contributed by atoms with Crippen LogP contribution in [0.5, 0.6) is 0 Å². The molecule has 120 valence electrons. The average Bonchev–Trinajstić information content (AvgIpc) is 2.39. The van der Waals surface area contributed by atoms with E-state index in [4.69, 9.17) is 10.2 Å². The second-order valence-electron chi connectivity index (χ2n) is 5.60. The molecule has 2 N–H and O–H groups in total. The summed E-state index contributed by atoms with van der Waals surface area (Å²) in [7, 11) is 0. The van der Waals surface area contributed by atoms with Gasteiger partial charge in [0, 0.05) is 0 Å². The van der Waals surface area contributed by atoms with Crippen LogP contribution in [0.4, 0.5) is 0 Å². The standard InChI is InChI=1S/C16H30O4.Na.H/c1-2-3-4-5-6-7-8-9-10-11-12-14(16(19)20)13-15(17)18;;/h14H,2-13H2,1H3,(H,17,18)(H,19,20);;. The fourth-order valence-corrected chi connectivity index (χ4v) is 2.40. The minimum absolute atomic E-state index is 0. The molecule has 0 aliphatic heterocycles. The van der Waals surface area contributed by atoms with E-state index in [-0.39, 0.29) is 36.0 Å². The number of carbonyl (C=O) groups is 2. The maximum absolute atomic E-state index is 10.9. The summed E-state index contributed by atoms with van der Waals surface area (Å²) in [6.07, 6.45) is 12.2. The molecule has 4 nitrogen and oxygen atoms in total. The Morgan fingerprint density at radius 2 is 1.24 bits per heavy atom. The molecule has 0 spiro atoms. The zero-order valence-electron chi connectivity index (χ0n) is 12.8.